The minimum absolute atomic E-state index is 0.0281. The lowest BCUT2D eigenvalue weighted by Crippen LogP contribution is -2.50. The zero-order valence-corrected chi connectivity index (χ0v) is 16.8. The molecule has 0 aliphatic carbocycles. The third-order valence-electron chi connectivity index (χ3n) is 5.09. The molecular weight excluding hydrogens is 368 g/mol. The largest absolute Gasteiger partial charge is 0.344 e. The fourth-order valence-electron chi connectivity index (χ4n) is 3.47. The molecule has 0 bridgehead atoms. The lowest BCUT2D eigenvalue weighted by Gasteiger charge is -2.24. The standard InChI is InChI=1S/C22H26N4O3/c1-15(2)19(16-10-6-4-7-11-16)23-14-18(27)25-26-20(28)22(3,24-21(26)29)17-12-8-5-9-13-17/h4-13,15,19,23H,14H2,1-3H3,(H,24,29)(H,25,27)/t19-,22+/m0/s1. The Morgan fingerprint density at radius 2 is 1.62 bits per heavy atom. The molecule has 0 spiro atoms. The van der Waals surface area contributed by atoms with E-state index in [1.165, 1.54) is 0 Å². The highest BCUT2D eigenvalue weighted by Crippen LogP contribution is 2.27. The first-order valence-electron chi connectivity index (χ1n) is 9.63. The Morgan fingerprint density at radius 3 is 2.21 bits per heavy atom. The van der Waals surface area contributed by atoms with E-state index >= 15 is 0 Å². The van der Waals surface area contributed by atoms with Gasteiger partial charge in [0.2, 0.25) is 0 Å². The molecule has 3 rings (SSSR count). The van der Waals surface area contributed by atoms with Crippen molar-refractivity contribution in [1.29, 1.82) is 0 Å². The molecule has 1 saturated heterocycles. The van der Waals surface area contributed by atoms with E-state index in [0.717, 1.165) is 10.6 Å². The third-order valence-corrected chi connectivity index (χ3v) is 5.09. The molecule has 0 radical (unpaired) electrons. The van der Waals surface area contributed by atoms with Crippen LogP contribution in [0.1, 0.15) is 37.9 Å². The van der Waals surface area contributed by atoms with Crippen molar-refractivity contribution in [3.63, 3.8) is 0 Å². The van der Waals surface area contributed by atoms with Crippen molar-refractivity contribution in [1.82, 2.24) is 21.1 Å². The van der Waals surface area contributed by atoms with Crippen LogP contribution in [0.4, 0.5) is 4.79 Å². The van der Waals surface area contributed by atoms with Crippen molar-refractivity contribution in [3.05, 3.63) is 71.8 Å². The first-order chi connectivity index (χ1) is 13.8. The molecule has 7 nitrogen and oxygen atoms in total. The van der Waals surface area contributed by atoms with Crippen molar-refractivity contribution >= 4 is 17.8 Å². The molecule has 0 unspecified atom stereocenters. The highest BCUT2D eigenvalue weighted by molar-refractivity contribution is 6.08. The van der Waals surface area contributed by atoms with Gasteiger partial charge in [-0.3, -0.25) is 15.0 Å². The lowest BCUT2D eigenvalue weighted by molar-refractivity contribution is -0.138. The molecule has 2 aromatic rings. The van der Waals surface area contributed by atoms with E-state index in [0.29, 0.717) is 5.56 Å². The number of nitrogens with zero attached hydrogens (tertiary/aromatic N) is 1. The van der Waals surface area contributed by atoms with E-state index in [4.69, 9.17) is 0 Å². The SMILES string of the molecule is CC(C)[C@H](NCC(=O)NN1C(=O)N[C@](C)(c2ccccc2)C1=O)c1ccccc1. The maximum Gasteiger partial charge on any atom is 0.344 e. The van der Waals surface area contributed by atoms with Gasteiger partial charge in [-0.25, -0.2) is 4.79 Å². The summed E-state index contributed by atoms with van der Waals surface area (Å²) in [4.78, 5) is 37.6. The van der Waals surface area contributed by atoms with Crippen LogP contribution >= 0.6 is 0 Å². The number of imide groups is 1. The van der Waals surface area contributed by atoms with Gasteiger partial charge in [0, 0.05) is 6.04 Å². The summed E-state index contributed by atoms with van der Waals surface area (Å²) < 4.78 is 0. The number of hydrazine groups is 1. The first kappa shape index (κ1) is 20.5. The van der Waals surface area contributed by atoms with Gasteiger partial charge in [0.15, 0.2) is 0 Å². The van der Waals surface area contributed by atoms with Crippen LogP contribution in [0, 0.1) is 5.92 Å². The van der Waals surface area contributed by atoms with Crippen LogP contribution in [0.5, 0.6) is 0 Å². The number of urea groups is 1. The fraction of sp³-hybridized carbons (Fsp3) is 0.318. The normalized spacial score (nSPS) is 19.9. The fourth-order valence-corrected chi connectivity index (χ4v) is 3.47. The quantitative estimate of drug-likeness (QED) is 0.629. The van der Waals surface area contributed by atoms with Gasteiger partial charge < -0.3 is 10.6 Å². The molecule has 7 heteroatoms. The van der Waals surface area contributed by atoms with Crippen molar-refractivity contribution in [3.8, 4) is 0 Å². The Hall–Kier alpha value is -3.19. The van der Waals surface area contributed by atoms with Crippen LogP contribution in [0.25, 0.3) is 0 Å². The van der Waals surface area contributed by atoms with Gasteiger partial charge in [0.1, 0.15) is 5.54 Å². The van der Waals surface area contributed by atoms with E-state index in [1.807, 2.05) is 36.4 Å². The molecule has 29 heavy (non-hydrogen) atoms. The summed E-state index contributed by atoms with van der Waals surface area (Å²) in [6.45, 7) is 5.71. The Kier molecular flexibility index (Phi) is 5.98. The number of hydrogen-bond acceptors (Lipinski definition) is 4. The zero-order chi connectivity index (χ0) is 21.0. The highest BCUT2D eigenvalue weighted by atomic mass is 16.2. The molecule has 0 saturated carbocycles. The second-order valence-corrected chi connectivity index (χ2v) is 7.61. The molecule has 3 N–H and O–H groups in total. The smallest absolute Gasteiger partial charge is 0.318 e. The average Bonchev–Trinajstić information content (AvgIpc) is 2.93. The summed E-state index contributed by atoms with van der Waals surface area (Å²) in [7, 11) is 0. The van der Waals surface area contributed by atoms with E-state index in [2.05, 4.69) is 29.9 Å². The van der Waals surface area contributed by atoms with Crippen molar-refractivity contribution in [2.75, 3.05) is 6.54 Å². The molecular formula is C22H26N4O3. The van der Waals surface area contributed by atoms with E-state index in [-0.39, 0.29) is 18.5 Å². The molecule has 1 aliphatic rings. The third kappa shape index (κ3) is 4.30. The number of amides is 4. The summed E-state index contributed by atoms with van der Waals surface area (Å²) in [5.41, 5.74) is 2.92. The van der Waals surface area contributed by atoms with Gasteiger partial charge in [-0.15, -0.1) is 0 Å². The second kappa shape index (κ2) is 8.45. The van der Waals surface area contributed by atoms with Crippen molar-refractivity contribution < 1.29 is 14.4 Å². The monoisotopic (exact) mass is 394 g/mol. The van der Waals surface area contributed by atoms with E-state index < -0.39 is 23.4 Å². The van der Waals surface area contributed by atoms with Crippen LogP contribution in [-0.4, -0.2) is 29.4 Å². The van der Waals surface area contributed by atoms with Gasteiger partial charge in [0.05, 0.1) is 6.54 Å². The minimum Gasteiger partial charge on any atom is -0.318 e. The van der Waals surface area contributed by atoms with Crippen LogP contribution in [0.2, 0.25) is 0 Å². The number of benzene rings is 2. The molecule has 0 aromatic heterocycles. The summed E-state index contributed by atoms with van der Waals surface area (Å²) in [5.74, 6) is -0.735. The molecule has 4 amide bonds. The van der Waals surface area contributed by atoms with Crippen LogP contribution in [0.15, 0.2) is 60.7 Å². The van der Waals surface area contributed by atoms with Crippen LogP contribution in [-0.2, 0) is 15.1 Å². The number of nitrogens with one attached hydrogen (secondary N) is 3. The zero-order valence-electron chi connectivity index (χ0n) is 16.8. The Balaban J connectivity index is 1.65. The topological polar surface area (TPSA) is 90.5 Å². The van der Waals surface area contributed by atoms with Gasteiger partial charge >= 0.3 is 6.03 Å². The van der Waals surface area contributed by atoms with E-state index in [9.17, 15) is 14.4 Å². The Labute approximate surface area is 170 Å². The average molecular weight is 394 g/mol. The number of hydrogen-bond donors (Lipinski definition) is 3. The highest BCUT2D eigenvalue weighted by Gasteiger charge is 2.49. The van der Waals surface area contributed by atoms with Crippen LogP contribution in [0.3, 0.4) is 0 Å². The molecule has 1 heterocycles. The summed E-state index contributed by atoms with van der Waals surface area (Å²) >= 11 is 0. The molecule has 2 atom stereocenters. The Bertz CT molecular complexity index is 885. The molecule has 2 aromatic carbocycles. The summed E-state index contributed by atoms with van der Waals surface area (Å²) in [6.07, 6.45) is 0. The summed E-state index contributed by atoms with van der Waals surface area (Å²) in [5, 5.41) is 6.63. The van der Waals surface area contributed by atoms with Gasteiger partial charge in [-0.1, -0.05) is 74.5 Å². The lowest BCUT2D eigenvalue weighted by atomic mass is 9.92. The predicted molar refractivity (Wildman–Crippen MR) is 109 cm³/mol. The number of carbonyl (C=O) groups excluding carboxylic acids is 3. The van der Waals surface area contributed by atoms with E-state index in [1.54, 1.807) is 31.2 Å². The summed E-state index contributed by atoms with van der Waals surface area (Å²) in [6, 6.07) is 18.1. The maximum absolute atomic E-state index is 12.8. The van der Waals surface area contributed by atoms with Crippen molar-refractivity contribution in [2.24, 2.45) is 5.92 Å². The van der Waals surface area contributed by atoms with Crippen LogP contribution < -0.4 is 16.1 Å². The van der Waals surface area contributed by atoms with Crippen molar-refractivity contribution in [2.45, 2.75) is 32.4 Å². The minimum atomic E-state index is -1.22. The van der Waals surface area contributed by atoms with Gasteiger partial charge in [0.25, 0.3) is 11.8 Å². The molecule has 1 fully saturated rings. The second-order valence-electron chi connectivity index (χ2n) is 7.61. The Morgan fingerprint density at radius 1 is 1.03 bits per heavy atom. The van der Waals surface area contributed by atoms with Gasteiger partial charge in [-0.05, 0) is 24.0 Å². The predicted octanol–water partition coefficient (Wildman–Crippen LogP) is 2.47. The number of rotatable bonds is 7. The maximum atomic E-state index is 12.8. The molecule has 152 valence electrons. The number of carbonyl (C=O) groups is 3. The van der Waals surface area contributed by atoms with Gasteiger partial charge in [-0.2, -0.15) is 5.01 Å². The first-order valence-corrected chi connectivity index (χ1v) is 9.63. The molecule has 1 aliphatic heterocycles.